The monoisotopic (exact) mass is 261 g/mol. The first-order chi connectivity index (χ1) is 8.76. The summed E-state index contributed by atoms with van der Waals surface area (Å²) in [7, 11) is 0. The van der Waals surface area contributed by atoms with Crippen molar-refractivity contribution in [3.05, 3.63) is 28.8 Å². The first-order valence-corrected chi connectivity index (χ1v) is 7.38. The molecule has 2 N–H and O–H groups in total. The molecule has 3 nitrogen and oxygen atoms in total. The van der Waals surface area contributed by atoms with E-state index in [4.69, 9.17) is 5.73 Å². The van der Waals surface area contributed by atoms with Crippen molar-refractivity contribution in [3.63, 3.8) is 0 Å². The second-order valence-electron chi connectivity index (χ2n) is 5.04. The molecule has 96 valence electrons. The molecule has 1 aliphatic heterocycles. The SMILES string of the molecule is Cc1nc2ccc(CN3CCCC3CN)cc2s1. The number of rotatable bonds is 3. The number of hydrogen-bond donors (Lipinski definition) is 1. The van der Waals surface area contributed by atoms with Gasteiger partial charge >= 0.3 is 0 Å². The smallest absolute Gasteiger partial charge is 0.0907 e. The third-order valence-electron chi connectivity index (χ3n) is 3.72. The van der Waals surface area contributed by atoms with Crippen LogP contribution in [0.15, 0.2) is 18.2 Å². The Hall–Kier alpha value is -0.970. The predicted octanol–water partition coefficient (Wildman–Crippen LogP) is 2.53. The van der Waals surface area contributed by atoms with Crippen LogP contribution in [0.1, 0.15) is 23.4 Å². The van der Waals surface area contributed by atoms with Gasteiger partial charge in [0.25, 0.3) is 0 Å². The van der Waals surface area contributed by atoms with Crippen LogP contribution in [0.5, 0.6) is 0 Å². The van der Waals surface area contributed by atoms with E-state index < -0.39 is 0 Å². The van der Waals surface area contributed by atoms with E-state index in [2.05, 4.69) is 35.0 Å². The highest BCUT2D eigenvalue weighted by molar-refractivity contribution is 7.18. The van der Waals surface area contributed by atoms with Gasteiger partial charge in [0, 0.05) is 19.1 Å². The summed E-state index contributed by atoms with van der Waals surface area (Å²) in [5.74, 6) is 0. The van der Waals surface area contributed by atoms with Crippen LogP contribution in [0.25, 0.3) is 10.2 Å². The van der Waals surface area contributed by atoms with Crippen molar-refractivity contribution in [1.29, 1.82) is 0 Å². The number of benzene rings is 1. The van der Waals surface area contributed by atoms with Crippen molar-refractivity contribution in [2.75, 3.05) is 13.1 Å². The Labute approximate surface area is 112 Å². The third kappa shape index (κ3) is 2.28. The van der Waals surface area contributed by atoms with Gasteiger partial charge < -0.3 is 5.73 Å². The molecule has 1 aliphatic rings. The molecule has 1 fully saturated rings. The summed E-state index contributed by atoms with van der Waals surface area (Å²) >= 11 is 1.78. The standard InChI is InChI=1S/C14H19N3S/c1-10-16-13-5-4-11(7-14(13)18-10)9-17-6-2-3-12(17)8-15/h4-5,7,12H,2-3,6,8-9,15H2,1H3. The first kappa shape index (κ1) is 12.1. The number of thiazole rings is 1. The molecule has 1 aromatic heterocycles. The molecule has 1 saturated heterocycles. The Morgan fingerprint density at radius 3 is 3.22 bits per heavy atom. The number of aryl methyl sites for hydroxylation is 1. The van der Waals surface area contributed by atoms with Crippen LogP contribution in [0.4, 0.5) is 0 Å². The highest BCUT2D eigenvalue weighted by Gasteiger charge is 2.22. The zero-order valence-corrected chi connectivity index (χ0v) is 11.5. The van der Waals surface area contributed by atoms with E-state index in [9.17, 15) is 0 Å². The summed E-state index contributed by atoms with van der Waals surface area (Å²) in [6, 6.07) is 7.20. The molecule has 0 radical (unpaired) electrons. The fourth-order valence-corrected chi connectivity index (χ4v) is 3.68. The molecule has 3 rings (SSSR count). The van der Waals surface area contributed by atoms with E-state index >= 15 is 0 Å². The molecule has 0 saturated carbocycles. The molecular weight excluding hydrogens is 242 g/mol. The zero-order chi connectivity index (χ0) is 12.5. The molecule has 1 atom stereocenters. The van der Waals surface area contributed by atoms with Gasteiger partial charge in [0.05, 0.1) is 15.2 Å². The normalized spacial score (nSPS) is 20.9. The molecule has 1 aromatic carbocycles. The third-order valence-corrected chi connectivity index (χ3v) is 4.65. The van der Waals surface area contributed by atoms with E-state index in [-0.39, 0.29) is 0 Å². The highest BCUT2D eigenvalue weighted by Crippen LogP contribution is 2.25. The molecule has 2 heterocycles. The van der Waals surface area contributed by atoms with E-state index in [1.807, 2.05) is 0 Å². The number of likely N-dealkylation sites (tertiary alicyclic amines) is 1. The molecule has 18 heavy (non-hydrogen) atoms. The molecule has 0 aliphatic carbocycles. The largest absolute Gasteiger partial charge is 0.329 e. The van der Waals surface area contributed by atoms with Crippen molar-refractivity contribution in [3.8, 4) is 0 Å². The molecule has 2 aromatic rings. The van der Waals surface area contributed by atoms with Crippen molar-refractivity contribution < 1.29 is 0 Å². The lowest BCUT2D eigenvalue weighted by atomic mass is 10.2. The van der Waals surface area contributed by atoms with Crippen LogP contribution < -0.4 is 5.73 Å². The van der Waals surface area contributed by atoms with Crippen LogP contribution in [0.2, 0.25) is 0 Å². The van der Waals surface area contributed by atoms with Gasteiger partial charge in [-0.1, -0.05) is 6.07 Å². The van der Waals surface area contributed by atoms with E-state index in [0.29, 0.717) is 6.04 Å². The van der Waals surface area contributed by atoms with Crippen LogP contribution in [0.3, 0.4) is 0 Å². The number of aromatic nitrogens is 1. The fraction of sp³-hybridized carbons (Fsp3) is 0.500. The quantitative estimate of drug-likeness (QED) is 0.923. The molecule has 0 spiro atoms. The Balaban J connectivity index is 1.81. The van der Waals surface area contributed by atoms with Crippen molar-refractivity contribution in [2.24, 2.45) is 5.73 Å². The lowest BCUT2D eigenvalue weighted by Crippen LogP contribution is -2.34. The Morgan fingerprint density at radius 2 is 2.39 bits per heavy atom. The average Bonchev–Trinajstić information content (AvgIpc) is 2.93. The van der Waals surface area contributed by atoms with Crippen LogP contribution in [-0.4, -0.2) is 29.0 Å². The minimum absolute atomic E-state index is 0.573. The van der Waals surface area contributed by atoms with Crippen molar-refractivity contribution in [2.45, 2.75) is 32.4 Å². The maximum atomic E-state index is 5.82. The van der Waals surface area contributed by atoms with E-state index in [0.717, 1.165) is 23.6 Å². The summed E-state index contributed by atoms with van der Waals surface area (Å²) in [6.45, 7) is 5.05. The Morgan fingerprint density at radius 1 is 1.50 bits per heavy atom. The molecule has 1 unspecified atom stereocenters. The molecule has 4 heteroatoms. The van der Waals surface area contributed by atoms with E-state index in [1.165, 1.54) is 29.6 Å². The molecule has 0 amide bonds. The Kier molecular flexibility index (Phi) is 3.33. The summed E-state index contributed by atoms with van der Waals surface area (Å²) in [4.78, 5) is 7.01. The van der Waals surface area contributed by atoms with Gasteiger partial charge in [-0.2, -0.15) is 0 Å². The number of nitrogens with zero attached hydrogens (tertiary/aromatic N) is 2. The van der Waals surface area contributed by atoms with Gasteiger partial charge in [0.1, 0.15) is 0 Å². The zero-order valence-electron chi connectivity index (χ0n) is 10.7. The number of nitrogens with two attached hydrogens (primary N) is 1. The summed E-state index contributed by atoms with van der Waals surface area (Å²) < 4.78 is 1.30. The minimum Gasteiger partial charge on any atom is -0.329 e. The Bertz CT molecular complexity index is 549. The summed E-state index contributed by atoms with van der Waals surface area (Å²) in [6.07, 6.45) is 2.53. The average molecular weight is 261 g/mol. The van der Waals surface area contributed by atoms with Gasteiger partial charge in [-0.25, -0.2) is 4.98 Å². The van der Waals surface area contributed by atoms with Crippen molar-refractivity contribution in [1.82, 2.24) is 9.88 Å². The predicted molar refractivity (Wildman–Crippen MR) is 76.8 cm³/mol. The van der Waals surface area contributed by atoms with Crippen LogP contribution >= 0.6 is 11.3 Å². The lowest BCUT2D eigenvalue weighted by Gasteiger charge is -2.23. The highest BCUT2D eigenvalue weighted by atomic mass is 32.1. The molecular formula is C14H19N3S. The lowest BCUT2D eigenvalue weighted by molar-refractivity contribution is 0.250. The molecule has 0 bridgehead atoms. The maximum Gasteiger partial charge on any atom is 0.0907 e. The van der Waals surface area contributed by atoms with Crippen LogP contribution in [-0.2, 0) is 6.54 Å². The van der Waals surface area contributed by atoms with Crippen molar-refractivity contribution >= 4 is 21.6 Å². The van der Waals surface area contributed by atoms with Gasteiger partial charge in [-0.15, -0.1) is 11.3 Å². The number of fused-ring (bicyclic) bond motifs is 1. The summed E-state index contributed by atoms with van der Waals surface area (Å²) in [5.41, 5.74) is 8.33. The van der Waals surface area contributed by atoms with Gasteiger partial charge in [0.2, 0.25) is 0 Å². The van der Waals surface area contributed by atoms with E-state index in [1.54, 1.807) is 11.3 Å². The minimum atomic E-state index is 0.573. The second kappa shape index (κ2) is 4.96. The first-order valence-electron chi connectivity index (χ1n) is 6.56. The fourth-order valence-electron chi connectivity index (χ4n) is 2.79. The van der Waals surface area contributed by atoms with Crippen LogP contribution in [0, 0.1) is 6.92 Å². The van der Waals surface area contributed by atoms with Gasteiger partial charge in [0.15, 0.2) is 0 Å². The topological polar surface area (TPSA) is 42.2 Å². The maximum absolute atomic E-state index is 5.82. The van der Waals surface area contributed by atoms with Gasteiger partial charge in [-0.05, 0) is 44.0 Å². The second-order valence-corrected chi connectivity index (χ2v) is 6.27. The van der Waals surface area contributed by atoms with Gasteiger partial charge in [-0.3, -0.25) is 4.90 Å². The summed E-state index contributed by atoms with van der Waals surface area (Å²) in [5, 5.41) is 1.14. The number of hydrogen-bond acceptors (Lipinski definition) is 4.